The summed E-state index contributed by atoms with van der Waals surface area (Å²) in [4.78, 5) is 39.5. The van der Waals surface area contributed by atoms with E-state index in [1.807, 2.05) is 13.8 Å². The van der Waals surface area contributed by atoms with Gasteiger partial charge in [0.25, 0.3) is 0 Å². The molecular formula is C11H21N3O4S. The molecule has 1 aliphatic heterocycles. The number of rotatable bonds is 6. The van der Waals surface area contributed by atoms with E-state index in [0.717, 1.165) is 0 Å². The molecule has 8 heteroatoms. The van der Waals surface area contributed by atoms with Crippen LogP contribution in [0.5, 0.6) is 0 Å². The van der Waals surface area contributed by atoms with Crippen molar-refractivity contribution in [2.45, 2.75) is 25.5 Å². The van der Waals surface area contributed by atoms with Crippen LogP contribution in [-0.4, -0.2) is 53.8 Å². The summed E-state index contributed by atoms with van der Waals surface area (Å²) in [6.07, 6.45) is 2.03. The Bertz CT molecular complexity index is 325. The molecule has 7 nitrogen and oxygen atoms in total. The third-order valence-electron chi connectivity index (χ3n) is 2.36. The van der Waals surface area contributed by atoms with Crippen LogP contribution in [0.25, 0.3) is 0 Å². The summed E-state index contributed by atoms with van der Waals surface area (Å²) in [5, 5.41) is 2.20. The van der Waals surface area contributed by atoms with Crippen LogP contribution in [0.1, 0.15) is 20.3 Å². The quantitative estimate of drug-likeness (QED) is 0.506. The van der Waals surface area contributed by atoms with E-state index in [4.69, 9.17) is 5.90 Å². The van der Waals surface area contributed by atoms with Crippen LogP contribution in [-0.2, 0) is 19.2 Å². The maximum Gasteiger partial charge on any atom is 0.248 e. The summed E-state index contributed by atoms with van der Waals surface area (Å²) in [5.74, 6) is 3.96. The van der Waals surface area contributed by atoms with Gasteiger partial charge in [-0.3, -0.25) is 24.1 Å². The first kappa shape index (κ1) is 17.9. The fourth-order valence-corrected chi connectivity index (χ4v) is 2.14. The SMILES string of the molecule is CC.CSC1CC(=O)N(CCNC(=O)CON)C1=O. The number of nitrogens with one attached hydrogen (secondary N) is 1. The van der Waals surface area contributed by atoms with Gasteiger partial charge < -0.3 is 5.32 Å². The van der Waals surface area contributed by atoms with E-state index in [2.05, 4.69) is 10.2 Å². The van der Waals surface area contributed by atoms with Gasteiger partial charge in [-0.25, -0.2) is 5.90 Å². The minimum absolute atomic E-state index is 0.186. The number of likely N-dealkylation sites (tertiary alicyclic amines) is 1. The molecule has 1 aliphatic rings. The Labute approximate surface area is 117 Å². The van der Waals surface area contributed by atoms with Gasteiger partial charge in [0.05, 0.1) is 5.25 Å². The molecule has 0 aliphatic carbocycles. The Morgan fingerprint density at radius 2 is 2.16 bits per heavy atom. The minimum Gasteiger partial charge on any atom is -0.352 e. The number of carbonyl (C=O) groups is 3. The molecule has 1 atom stereocenters. The molecule has 3 amide bonds. The van der Waals surface area contributed by atoms with E-state index < -0.39 is 0 Å². The van der Waals surface area contributed by atoms with E-state index in [1.165, 1.54) is 16.7 Å². The lowest BCUT2D eigenvalue weighted by Crippen LogP contribution is -2.40. The van der Waals surface area contributed by atoms with Gasteiger partial charge in [0.2, 0.25) is 17.7 Å². The molecule has 0 spiro atoms. The van der Waals surface area contributed by atoms with E-state index in [9.17, 15) is 14.4 Å². The molecule has 1 fully saturated rings. The maximum atomic E-state index is 11.7. The topological polar surface area (TPSA) is 102 Å². The van der Waals surface area contributed by atoms with E-state index >= 15 is 0 Å². The third kappa shape index (κ3) is 5.58. The van der Waals surface area contributed by atoms with Gasteiger partial charge in [-0.1, -0.05) is 13.8 Å². The highest BCUT2D eigenvalue weighted by Crippen LogP contribution is 2.22. The fourth-order valence-electron chi connectivity index (χ4n) is 1.51. The molecule has 3 N–H and O–H groups in total. The van der Waals surface area contributed by atoms with Crippen LogP contribution in [0.3, 0.4) is 0 Å². The second kappa shape index (κ2) is 9.76. The zero-order valence-electron chi connectivity index (χ0n) is 11.5. The van der Waals surface area contributed by atoms with Gasteiger partial charge in [0.1, 0.15) is 6.61 Å². The smallest absolute Gasteiger partial charge is 0.248 e. The first-order valence-corrected chi connectivity index (χ1v) is 7.34. The molecule has 1 rings (SSSR count). The number of carbonyl (C=O) groups excluding carboxylic acids is 3. The first-order chi connectivity index (χ1) is 9.10. The fraction of sp³-hybridized carbons (Fsp3) is 0.727. The first-order valence-electron chi connectivity index (χ1n) is 6.05. The van der Waals surface area contributed by atoms with Crippen LogP contribution in [0.15, 0.2) is 0 Å². The van der Waals surface area contributed by atoms with E-state index in [-0.39, 0.29) is 49.1 Å². The Hall–Kier alpha value is -1.12. The molecule has 0 saturated carbocycles. The van der Waals surface area contributed by atoms with Gasteiger partial charge in [-0.2, -0.15) is 11.8 Å². The van der Waals surface area contributed by atoms with Crippen LogP contribution in [0, 0.1) is 0 Å². The van der Waals surface area contributed by atoms with Crippen molar-refractivity contribution in [2.24, 2.45) is 5.90 Å². The van der Waals surface area contributed by atoms with Crippen molar-refractivity contribution in [1.29, 1.82) is 0 Å². The van der Waals surface area contributed by atoms with Crippen LogP contribution in [0.2, 0.25) is 0 Å². The zero-order valence-corrected chi connectivity index (χ0v) is 12.3. The highest BCUT2D eigenvalue weighted by molar-refractivity contribution is 8.00. The number of hydrogen-bond donors (Lipinski definition) is 2. The Morgan fingerprint density at radius 1 is 1.53 bits per heavy atom. The number of hydrogen-bond acceptors (Lipinski definition) is 6. The molecule has 0 aromatic carbocycles. The lowest BCUT2D eigenvalue weighted by molar-refractivity contribution is -0.138. The Morgan fingerprint density at radius 3 is 2.63 bits per heavy atom. The molecule has 0 aromatic rings. The number of imide groups is 1. The van der Waals surface area contributed by atoms with Gasteiger partial charge in [0, 0.05) is 19.5 Å². The van der Waals surface area contributed by atoms with Crippen molar-refractivity contribution in [1.82, 2.24) is 10.2 Å². The van der Waals surface area contributed by atoms with E-state index in [0.29, 0.717) is 0 Å². The molecule has 1 unspecified atom stereocenters. The van der Waals surface area contributed by atoms with Gasteiger partial charge in [0.15, 0.2) is 0 Å². The average Bonchev–Trinajstić information content (AvgIpc) is 2.68. The summed E-state index contributed by atoms with van der Waals surface area (Å²) in [6.45, 7) is 4.15. The molecular weight excluding hydrogens is 270 g/mol. The normalized spacial score (nSPS) is 18.1. The second-order valence-corrected chi connectivity index (χ2v) is 4.51. The predicted octanol–water partition coefficient (Wildman–Crippen LogP) is -0.490. The molecule has 0 bridgehead atoms. The summed E-state index contributed by atoms with van der Waals surface area (Å²) in [7, 11) is 0. The van der Waals surface area contributed by atoms with Crippen molar-refractivity contribution in [3.63, 3.8) is 0 Å². The van der Waals surface area contributed by atoms with Gasteiger partial charge >= 0.3 is 0 Å². The molecule has 0 radical (unpaired) electrons. The van der Waals surface area contributed by atoms with Crippen molar-refractivity contribution in [3.05, 3.63) is 0 Å². The largest absolute Gasteiger partial charge is 0.352 e. The monoisotopic (exact) mass is 291 g/mol. The molecule has 0 aromatic heterocycles. The van der Waals surface area contributed by atoms with Crippen LogP contribution < -0.4 is 11.2 Å². The minimum atomic E-state index is -0.381. The van der Waals surface area contributed by atoms with E-state index in [1.54, 1.807) is 6.26 Å². The summed E-state index contributed by atoms with van der Waals surface area (Å²) >= 11 is 1.36. The number of nitrogens with zero attached hydrogens (tertiary/aromatic N) is 1. The molecule has 1 heterocycles. The highest BCUT2D eigenvalue weighted by atomic mass is 32.2. The van der Waals surface area contributed by atoms with Gasteiger partial charge in [-0.15, -0.1) is 0 Å². The zero-order chi connectivity index (χ0) is 14.8. The molecule has 1 saturated heterocycles. The van der Waals surface area contributed by atoms with Crippen molar-refractivity contribution in [2.75, 3.05) is 26.0 Å². The predicted molar refractivity (Wildman–Crippen MR) is 73.1 cm³/mol. The van der Waals surface area contributed by atoms with Crippen LogP contribution in [0.4, 0.5) is 0 Å². The summed E-state index contributed by atoms with van der Waals surface area (Å²) < 4.78 is 0. The number of amides is 3. The number of nitrogens with two attached hydrogens (primary N) is 1. The summed E-state index contributed by atoms with van der Waals surface area (Å²) in [5.41, 5.74) is 0. The third-order valence-corrected chi connectivity index (χ3v) is 3.30. The lowest BCUT2D eigenvalue weighted by Gasteiger charge is -2.14. The highest BCUT2D eigenvalue weighted by Gasteiger charge is 2.37. The maximum absolute atomic E-state index is 11.7. The van der Waals surface area contributed by atoms with Gasteiger partial charge in [-0.05, 0) is 6.26 Å². The number of thioether (sulfide) groups is 1. The molecule has 110 valence electrons. The average molecular weight is 291 g/mol. The Kier molecular flexibility index (Phi) is 9.19. The Balaban J connectivity index is 0.00000154. The second-order valence-electron chi connectivity index (χ2n) is 3.47. The van der Waals surface area contributed by atoms with Crippen molar-refractivity contribution in [3.8, 4) is 0 Å². The standard InChI is InChI=1S/C9H15N3O4S.C2H6/c1-17-6-4-8(14)12(9(6)15)3-2-11-7(13)5-16-10;1-2/h6H,2-5,10H2,1H3,(H,11,13);1-2H3. The summed E-state index contributed by atoms with van der Waals surface area (Å²) in [6, 6.07) is 0. The van der Waals surface area contributed by atoms with Crippen LogP contribution >= 0.6 is 11.8 Å². The molecule has 19 heavy (non-hydrogen) atoms. The lowest BCUT2D eigenvalue weighted by atomic mass is 10.4. The van der Waals surface area contributed by atoms with Crippen molar-refractivity contribution >= 4 is 29.5 Å². The van der Waals surface area contributed by atoms with Crippen molar-refractivity contribution < 1.29 is 19.2 Å².